The van der Waals surface area contributed by atoms with Crippen LogP contribution < -0.4 is 5.32 Å². The lowest BCUT2D eigenvalue weighted by Crippen LogP contribution is -2.15. The maximum absolute atomic E-state index is 12.8. The predicted molar refractivity (Wildman–Crippen MR) is 61.2 cm³/mol. The second kappa shape index (κ2) is 4.25. The number of benzene rings is 1. The molecule has 1 aromatic carbocycles. The highest BCUT2D eigenvalue weighted by molar-refractivity contribution is 5.30. The highest BCUT2D eigenvalue weighted by Crippen LogP contribution is 2.19. The van der Waals surface area contributed by atoms with Crippen LogP contribution in [0.4, 0.5) is 4.39 Å². The topological polar surface area (TPSA) is 42.7 Å². The van der Waals surface area contributed by atoms with Gasteiger partial charge in [-0.15, -0.1) is 5.10 Å². The van der Waals surface area contributed by atoms with E-state index in [1.165, 1.54) is 25.0 Å². The summed E-state index contributed by atoms with van der Waals surface area (Å²) in [5.41, 5.74) is 1.72. The first kappa shape index (κ1) is 10.4. The van der Waals surface area contributed by atoms with Gasteiger partial charge >= 0.3 is 0 Å². The molecular weight excluding hydrogens is 219 g/mol. The molecule has 0 saturated heterocycles. The summed E-state index contributed by atoms with van der Waals surface area (Å²) in [6, 6.07) is 6.86. The van der Waals surface area contributed by atoms with Crippen LogP contribution in [0.15, 0.2) is 30.5 Å². The summed E-state index contributed by atoms with van der Waals surface area (Å²) in [4.78, 5) is 0. The van der Waals surface area contributed by atoms with Crippen molar-refractivity contribution in [1.29, 1.82) is 0 Å². The third-order valence-corrected chi connectivity index (χ3v) is 2.78. The smallest absolute Gasteiger partial charge is 0.123 e. The molecule has 0 spiro atoms. The molecule has 0 amide bonds. The maximum Gasteiger partial charge on any atom is 0.123 e. The van der Waals surface area contributed by atoms with Gasteiger partial charge in [0.25, 0.3) is 0 Å². The molecule has 5 heteroatoms. The quantitative estimate of drug-likeness (QED) is 0.871. The molecule has 1 fully saturated rings. The molecule has 0 atom stereocenters. The SMILES string of the molecule is Fc1ccc(-n2cc(CNC3CC3)nn2)cc1. The summed E-state index contributed by atoms with van der Waals surface area (Å²) in [6.07, 6.45) is 4.38. The Balaban J connectivity index is 1.72. The van der Waals surface area contributed by atoms with Crippen LogP contribution in [0.5, 0.6) is 0 Å². The van der Waals surface area contributed by atoms with Crippen molar-refractivity contribution in [2.24, 2.45) is 0 Å². The van der Waals surface area contributed by atoms with E-state index in [0.29, 0.717) is 6.04 Å². The summed E-state index contributed by atoms with van der Waals surface area (Å²) in [5, 5.41) is 11.5. The van der Waals surface area contributed by atoms with Gasteiger partial charge in [-0.05, 0) is 37.1 Å². The Bertz CT molecular complexity index is 501. The van der Waals surface area contributed by atoms with Gasteiger partial charge in [0, 0.05) is 12.6 Å². The number of hydrogen-bond acceptors (Lipinski definition) is 3. The molecule has 1 aliphatic carbocycles. The van der Waals surface area contributed by atoms with Gasteiger partial charge < -0.3 is 5.32 Å². The molecule has 17 heavy (non-hydrogen) atoms. The van der Waals surface area contributed by atoms with Crippen LogP contribution in [0.3, 0.4) is 0 Å². The fraction of sp³-hybridized carbons (Fsp3) is 0.333. The van der Waals surface area contributed by atoms with Gasteiger partial charge in [-0.2, -0.15) is 0 Å². The molecule has 4 nitrogen and oxygen atoms in total. The van der Waals surface area contributed by atoms with Crippen LogP contribution in [0.25, 0.3) is 5.69 Å². The number of rotatable bonds is 4. The molecule has 3 rings (SSSR count). The van der Waals surface area contributed by atoms with Gasteiger partial charge in [-0.3, -0.25) is 0 Å². The highest BCUT2D eigenvalue weighted by atomic mass is 19.1. The number of hydrogen-bond donors (Lipinski definition) is 1. The molecule has 2 aromatic rings. The molecule has 0 unspecified atom stereocenters. The van der Waals surface area contributed by atoms with E-state index in [1.807, 2.05) is 6.20 Å². The van der Waals surface area contributed by atoms with Crippen molar-refractivity contribution in [2.75, 3.05) is 0 Å². The van der Waals surface area contributed by atoms with E-state index in [4.69, 9.17) is 0 Å². The first-order valence-electron chi connectivity index (χ1n) is 5.72. The second-order valence-corrected chi connectivity index (χ2v) is 4.29. The molecule has 88 valence electrons. The van der Waals surface area contributed by atoms with E-state index in [0.717, 1.165) is 17.9 Å². The minimum atomic E-state index is -0.246. The van der Waals surface area contributed by atoms with Crippen molar-refractivity contribution in [2.45, 2.75) is 25.4 Å². The van der Waals surface area contributed by atoms with Crippen molar-refractivity contribution >= 4 is 0 Å². The van der Waals surface area contributed by atoms with Gasteiger partial charge in [0.15, 0.2) is 0 Å². The van der Waals surface area contributed by atoms with Crippen LogP contribution in [0, 0.1) is 5.82 Å². The van der Waals surface area contributed by atoms with Crippen LogP contribution >= 0.6 is 0 Å². The summed E-state index contributed by atoms with van der Waals surface area (Å²) in [5.74, 6) is -0.246. The van der Waals surface area contributed by atoms with Crippen LogP contribution in [0.2, 0.25) is 0 Å². The van der Waals surface area contributed by atoms with Crippen molar-refractivity contribution in [3.05, 3.63) is 42.0 Å². The Kier molecular flexibility index (Phi) is 2.60. The summed E-state index contributed by atoms with van der Waals surface area (Å²) in [7, 11) is 0. The average molecular weight is 232 g/mol. The molecule has 1 saturated carbocycles. The predicted octanol–water partition coefficient (Wildman–Crippen LogP) is 1.66. The van der Waals surface area contributed by atoms with E-state index in [-0.39, 0.29) is 5.82 Å². The summed E-state index contributed by atoms with van der Waals surface area (Å²) >= 11 is 0. The first-order chi connectivity index (χ1) is 8.31. The van der Waals surface area contributed by atoms with Gasteiger partial charge in [-0.1, -0.05) is 5.21 Å². The lowest BCUT2D eigenvalue weighted by molar-refractivity contribution is 0.626. The average Bonchev–Trinajstić information content (AvgIpc) is 3.06. The maximum atomic E-state index is 12.8. The fourth-order valence-electron chi connectivity index (χ4n) is 1.64. The highest BCUT2D eigenvalue weighted by Gasteiger charge is 2.20. The van der Waals surface area contributed by atoms with Crippen LogP contribution in [-0.2, 0) is 6.54 Å². The minimum Gasteiger partial charge on any atom is -0.308 e. The lowest BCUT2D eigenvalue weighted by atomic mass is 10.3. The Hall–Kier alpha value is -1.75. The Morgan fingerprint density at radius 3 is 2.76 bits per heavy atom. The van der Waals surface area contributed by atoms with E-state index in [1.54, 1.807) is 16.8 Å². The molecule has 0 bridgehead atoms. The number of nitrogens with one attached hydrogen (secondary N) is 1. The zero-order valence-corrected chi connectivity index (χ0v) is 9.31. The molecule has 1 aromatic heterocycles. The molecule has 1 heterocycles. The molecule has 0 aliphatic heterocycles. The van der Waals surface area contributed by atoms with Gasteiger partial charge in [0.1, 0.15) is 5.82 Å². The van der Waals surface area contributed by atoms with Crippen molar-refractivity contribution < 1.29 is 4.39 Å². The van der Waals surface area contributed by atoms with Gasteiger partial charge in [-0.25, -0.2) is 9.07 Å². The molecule has 0 radical (unpaired) electrons. The minimum absolute atomic E-state index is 0.246. The zero-order chi connectivity index (χ0) is 11.7. The second-order valence-electron chi connectivity index (χ2n) is 4.29. The first-order valence-corrected chi connectivity index (χ1v) is 5.72. The standard InChI is InChI=1S/C12H13FN4/c13-9-1-5-12(6-2-9)17-8-11(15-16-17)7-14-10-3-4-10/h1-2,5-6,8,10,14H,3-4,7H2. The summed E-state index contributed by atoms with van der Waals surface area (Å²) < 4.78 is 14.4. The zero-order valence-electron chi connectivity index (χ0n) is 9.31. The van der Waals surface area contributed by atoms with Crippen molar-refractivity contribution in [1.82, 2.24) is 20.3 Å². The van der Waals surface area contributed by atoms with Gasteiger partial charge in [0.2, 0.25) is 0 Å². The fourth-order valence-corrected chi connectivity index (χ4v) is 1.64. The Morgan fingerprint density at radius 2 is 2.06 bits per heavy atom. The van der Waals surface area contributed by atoms with E-state index < -0.39 is 0 Å². The number of nitrogens with zero attached hydrogens (tertiary/aromatic N) is 3. The van der Waals surface area contributed by atoms with E-state index in [9.17, 15) is 4.39 Å². The van der Waals surface area contributed by atoms with E-state index in [2.05, 4.69) is 15.6 Å². The third kappa shape index (κ3) is 2.50. The van der Waals surface area contributed by atoms with Crippen molar-refractivity contribution in [3.63, 3.8) is 0 Å². The van der Waals surface area contributed by atoms with Crippen molar-refractivity contribution in [3.8, 4) is 5.69 Å². The largest absolute Gasteiger partial charge is 0.308 e. The Labute approximate surface area is 98.5 Å². The molecular formula is C12H13FN4. The number of aromatic nitrogens is 3. The van der Waals surface area contributed by atoms with E-state index >= 15 is 0 Å². The normalized spacial score (nSPS) is 15.1. The molecule has 1 aliphatic rings. The monoisotopic (exact) mass is 232 g/mol. The van der Waals surface area contributed by atoms with Gasteiger partial charge in [0.05, 0.1) is 17.6 Å². The van der Waals surface area contributed by atoms with Crippen LogP contribution in [0.1, 0.15) is 18.5 Å². The third-order valence-electron chi connectivity index (χ3n) is 2.78. The Morgan fingerprint density at radius 1 is 1.29 bits per heavy atom. The summed E-state index contributed by atoms with van der Waals surface area (Å²) in [6.45, 7) is 0.742. The number of halogens is 1. The lowest BCUT2D eigenvalue weighted by Gasteiger charge is -1.99. The molecule has 1 N–H and O–H groups in total. The van der Waals surface area contributed by atoms with Crippen LogP contribution in [-0.4, -0.2) is 21.0 Å².